The number of rotatable bonds is 5. The number of nitrogens with zero attached hydrogens (tertiary/aromatic N) is 1. The van der Waals surface area contributed by atoms with Crippen LogP contribution in [0.4, 0.5) is 0 Å². The molecule has 0 N–H and O–H groups in total. The second-order valence-electron chi connectivity index (χ2n) is 6.48. The largest absolute Gasteiger partial charge is 0.492 e. The molecule has 136 valence electrons. The van der Waals surface area contributed by atoms with Gasteiger partial charge in [-0.05, 0) is 49.4 Å². The molecule has 2 aromatic rings. The van der Waals surface area contributed by atoms with Gasteiger partial charge in [0.2, 0.25) is 12.5 Å². The number of benzene rings is 1. The van der Waals surface area contributed by atoms with Crippen molar-refractivity contribution < 1.29 is 23.4 Å². The summed E-state index contributed by atoms with van der Waals surface area (Å²) >= 11 is 0. The Morgan fingerprint density at radius 3 is 3.08 bits per heavy atom. The monoisotopic (exact) mass is 355 g/mol. The van der Waals surface area contributed by atoms with Crippen LogP contribution in [0.25, 0.3) is 6.08 Å². The van der Waals surface area contributed by atoms with E-state index in [1.54, 1.807) is 31.6 Å². The molecule has 0 fully saturated rings. The highest BCUT2D eigenvalue weighted by Gasteiger charge is 2.34. The van der Waals surface area contributed by atoms with Crippen molar-refractivity contribution in [3.63, 3.8) is 0 Å². The van der Waals surface area contributed by atoms with Crippen molar-refractivity contribution in [1.29, 1.82) is 0 Å². The molecule has 0 radical (unpaired) electrons. The van der Waals surface area contributed by atoms with E-state index in [1.165, 1.54) is 0 Å². The maximum Gasteiger partial charge on any atom is 0.231 e. The summed E-state index contributed by atoms with van der Waals surface area (Å²) in [4.78, 5) is 14.7. The van der Waals surface area contributed by atoms with E-state index in [0.29, 0.717) is 29.4 Å². The molecule has 6 heteroatoms. The van der Waals surface area contributed by atoms with Gasteiger partial charge in [0.25, 0.3) is 0 Å². The third kappa shape index (κ3) is 2.97. The van der Waals surface area contributed by atoms with Crippen LogP contribution in [0.2, 0.25) is 0 Å². The number of furan rings is 1. The SMILES string of the molecule is COc1c2c(cc3c1C(CC(=O)C=Cc1ccco1)N(C)CC3)OCO2. The first-order chi connectivity index (χ1) is 12.7. The summed E-state index contributed by atoms with van der Waals surface area (Å²) in [7, 11) is 3.66. The Labute approximate surface area is 151 Å². The van der Waals surface area contributed by atoms with Gasteiger partial charge in [0.1, 0.15) is 5.76 Å². The number of fused-ring (bicyclic) bond motifs is 2. The van der Waals surface area contributed by atoms with Gasteiger partial charge in [-0.1, -0.05) is 0 Å². The number of allylic oxidation sites excluding steroid dienone is 1. The first kappa shape index (κ1) is 16.7. The van der Waals surface area contributed by atoms with Crippen LogP contribution in [0.3, 0.4) is 0 Å². The molecule has 1 unspecified atom stereocenters. The molecular formula is C20H21NO5. The fraction of sp³-hybridized carbons (Fsp3) is 0.350. The topological polar surface area (TPSA) is 61.1 Å². The maximum absolute atomic E-state index is 12.5. The summed E-state index contributed by atoms with van der Waals surface area (Å²) < 4.78 is 22.0. The van der Waals surface area contributed by atoms with Crippen LogP contribution in [-0.2, 0) is 11.2 Å². The standard InChI is InChI=1S/C20H21NO5/c1-21-8-7-13-10-17-19(26-12-25-17)20(23-2)18(13)16(21)11-14(22)5-6-15-4-3-9-24-15/h3-6,9-10,16H,7-8,11-12H2,1-2H3. The molecule has 0 saturated heterocycles. The number of likely N-dealkylation sites (N-methyl/N-ethyl adjacent to an activating group) is 1. The summed E-state index contributed by atoms with van der Waals surface area (Å²) in [6.07, 6.45) is 6.09. The summed E-state index contributed by atoms with van der Waals surface area (Å²) in [5, 5.41) is 0. The lowest BCUT2D eigenvalue weighted by Crippen LogP contribution is -2.33. The minimum Gasteiger partial charge on any atom is -0.492 e. The number of ether oxygens (including phenoxy) is 3. The van der Waals surface area contributed by atoms with Crippen molar-refractivity contribution in [3.05, 3.63) is 47.4 Å². The van der Waals surface area contributed by atoms with Gasteiger partial charge in [0.15, 0.2) is 17.3 Å². The molecule has 3 heterocycles. The molecule has 2 aliphatic heterocycles. The molecule has 2 aliphatic rings. The average molecular weight is 355 g/mol. The lowest BCUT2D eigenvalue weighted by atomic mass is 9.88. The molecular weight excluding hydrogens is 334 g/mol. The fourth-order valence-corrected chi connectivity index (χ4v) is 3.60. The van der Waals surface area contributed by atoms with E-state index < -0.39 is 0 Å². The predicted molar refractivity (Wildman–Crippen MR) is 95.6 cm³/mol. The van der Waals surface area contributed by atoms with Crippen molar-refractivity contribution in [3.8, 4) is 17.2 Å². The summed E-state index contributed by atoms with van der Waals surface area (Å²) in [5.41, 5.74) is 2.17. The second kappa shape index (κ2) is 6.88. The highest BCUT2D eigenvalue weighted by molar-refractivity contribution is 5.93. The number of methoxy groups -OCH3 is 1. The lowest BCUT2D eigenvalue weighted by Gasteiger charge is -2.35. The van der Waals surface area contributed by atoms with Crippen molar-refractivity contribution in [2.75, 3.05) is 27.5 Å². The zero-order valence-corrected chi connectivity index (χ0v) is 14.9. The van der Waals surface area contributed by atoms with Crippen LogP contribution in [0.5, 0.6) is 17.2 Å². The minimum atomic E-state index is -0.0723. The molecule has 0 amide bonds. The first-order valence-corrected chi connectivity index (χ1v) is 8.61. The van der Waals surface area contributed by atoms with Crippen LogP contribution < -0.4 is 14.2 Å². The quantitative estimate of drug-likeness (QED) is 0.768. The third-order valence-corrected chi connectivity index (χ3v) is 4.92. The molecule has 26 heavy (non-hydrogen) atoms. The Hall–Kier alpha value is -2.73. The fourth-order valence-electron chi connectivity index (χ4n) is 3.60. The van der Waals surface area contributed by atoms with Crippen molar-refractivity contribution in [2.45, 2.75) is 18.9 Å². The Morgan fingerprint density at radius 2 is 2.31 bits per heavy atom. The number of hydrogen-bond donors (Lipinski definition) is 0. The predicted octanol–water partition coefficient (Wildman–Crippen LogP) is 3.22. The Bertz CT molecular complexity index is 840. The Morgan fingerprint density at radius 1 is 1.42 bits per heavy atom. The molecule has 4 rings (SSSR count). The van der Waals surface area contributed by atoms with E-state index in [9.17, 15) is 4.79 Å². The van der Waals surface area contributed by atoms with Gasteiger partial charge in [-0.25, -0.2) is 0 Å². The van der Waals surface area contributed by atoms with E-state index in [-0.39, 0.29) is 18.6 Å². The number of carbonyl (C=O) groups is 1. The molecule has 0 saturated carbocycles. The van der Waals surface area contributed by atoms with Gasteiger partial charge < -0.3 is 18.6 Å². The molecule has 0 bridgehead atoms. The summed E-state index contributed by atoms with van der Waals surface area (Å²) in [6, 6.07) is 5.55. The lowest BCUT2D eigenvalue weighted by molar-refractivity contribution is -0.115. The van der Waals surface area contributed by atoms with Crippen LogP contribution in [-0.4, -0.2) is 38.2 Å². The zero-order chi connectivity index (χ0) is 18.1. The van der Waals surface area contributed by atoms with Gasteiger partial charge in [0.05, 0.1) is 13.4 Å². The summed E-state index contributed by atoms with van der Waals surface area (Å²) in [6.45, 7) is 1.07. The Kier molecular flexibility index (Phi) is 4.42. The molecule has 1 aromatic heterocycles. The zero-order valence-electron chi connectivity index (χ0n) is 14.9. The van der Waals surface area contributed by atoms with Crippen LogP contribution in [0.15, 0.2) is 35.0 Å². The smallest absolute Gasteiger partial charge is 0.231 e. The van der Waals surface area contributed by atoms with Crippen LogP contribution >= 0.6 is 0 Å². The van der Waals surface area contributed by atoms with Gasteiger partial charge in [-0.3, -0.25) is 9.69 Å². The van der Waals surface area contributed by atoms with E-state index in [4.69, 9.17) is 18.6 Å². The maximum atomic E-state index is 12.5. The van der Waals surface area contributed by atoms with Crippen molar-refractivity contribution >= 4 is 11.9 Å². The normalized spacial score (nSPS) is 18.9. The van der Waals surface area contributed by atoms with Crippen LogP contribution in [0.1, 0.15) is 29.3 Å². The van der Waals surface area contributed by atoms with Gasteiger partial charge in [-0.15, -0.1) is 0 Å². The van der Waals surface area contributed by atoms with Gasteiger partial charge in [0, 0.05) is 24.6 Å². The second-order valence-corrected chi connectivity index (χ2v) is 6.48. The van der Waals surface area contributed by atoms with Crippen molar-refractivity contribution in [2.24, 2.45) is 0 Å². The minimum absolute atomic E-state index is 0.0332. The van der Waals surface area contributed by atoms with E-state index in [2.05, 4.69) is 4.90 Å². The highest BCUT2D eigenvalue weighted by Crippen LogP contribution is 2.50. The number of hydrogen-bond acceptors (Lipinski definition) is 6. The van der Waals surface area contributed by atoms with E-state index in [0.717, 1.165) is 24.1 Å². The van der Waals surface area contributed by atoms with E-state index >= 15 is 0 Å². The third-order valence-electron chi connectivity index (χ3n) is 4.92. The molecule has 6 nitrogen and oxygen atoms in total. The molecule has 1 aromatic carbocycles. The van der Waals surface area contributed by atoms with Gasteiger partial charge in [-0.2, -0.15) is 0 Å². The van der Waals surface area contributed by atoms with E-state index in [1.807, 2.05) is 19.2 Å². The summed E-state index contributed by atoms with van der Waals surface area (Å²) in [5.74, 6) is 2.72. The van der Waals surface area contributed by atoms with Gasteiger partial charge >= 0.3 is 0 Å². The van der Waals surface area contributed by atoms with Crippen LogP contribution in [0, 0.1) is 0 Å². The molecule has 0 aliphatic carbocycles. The van der Waals surface area contributed by atoms with Crippen molar-refractivity contribution in [1.82, 2.24) is 4.90 Å². The Balaban J connectivity index is 1.64. The highest BCUT2D eigenvalue weighted by atomic mass is 16.7. The molecule has 1 atom stereocenters. The number of carbonyl (C=O) groups excluding carboxylic acids is 1. The first-order valence-electron chi connectivity index (χ1n) is 8.61. The number of ketones is 1. The molecule has 0 spiro atoms. The average Bonchev–Trinajstić information content (AvgIpc) is 3.32.